The van der Waals surface area contributed by atoms with Gasteiger partial charge in [-0.1, -0.05) is 18.5 Å². The minimum Gasteiger partial charge on any atom is -0.352 e. The molecular weight excluding hydrogens is 294 g/mol. The molecule has 1 saturated heterocycles. The first-order valence-electron chi connectivity index (χ1n) is 8.78. The van der Waals surface area contributed by atoms with Crippen molar-refractivity contribution in [1.82, 2.24) is 25.3 Å². The van der Waals surface area contributed by atoms with E-state index in [0.717, 1.165) is 64.1 Å². The first-order chi connectivity index (χ1) is 11.2. The molecule has 0 unspecified atom stereocenters. The molecule has 2 aliphatic rings. The minimum absolute atomic E-state index is 0.165. The van der Waals surface area contributed by atoms with Crippen LogP contribution in [0.2, 0.25) is 0 Å². The summed E-state index contributed by atoms with van der Waals surface area (Å²) < 4.78 is 5.33. The zero-order valence-electron chi connectivity index (χ0n) is 14.0. The van der Waals surface area contributed by atoms with Gasteiger partial charge in [-0.25, -0.2) is 0 Å². The third kappa shape index (κ3) is 5.28. The molecule has 1 saturated carbocycles. The van der Waals surface area contributed by atoms with Crippen LogP contribution in [-0.4, -0.2) is 64.6 Å². The quantitative estimate of drug-likeness (QED) is 0.764. The fourth-order valence-electron chi connectivity index (χ4n) is 2.79. The molecule has 1 aliphatic carbocycles. The number of carbonyl (C=O) groups is 1. The van der Waals surface area contributed by atoms with Crippen LogP contribution in [0.25, 0.3) is 0 Å². The van der Waals surface area contributed by atoms with Gasteiger partial charge in [0.25, 0.3) is 0 Å². The topological polar surface area (TPSA) is 74.5 Å². The fraction of sp³-hybridized carbons (Fsp3) is 0.812. The number of piperazine rings is 1. The van der Waals surface area contributed by atoms with Crippen LogP contribution in [0, 0.1) is 0 Å². The second-order valence-corrected chi connectivity index (χ2v) is 6.60. The van der Waals surface area contributed by atoms with Gasteiger partial charge in [0.1, 0.15) is 0 Å². The van der Waals surface area contributed by atoms with Crippen LogP contribution in [-0.2, 0) is 17.8 Å². The average molecular weight is 321 g/mol. The van der Waals surface area contributed by atoms with Crippen LogP contribution in [0.4, 0.5) is 0 Å². The van der Waals surface area contributed by atoms with Gasteiger partial charge in [-0.05, 0) is 19.3 Å². The first kappa shape index (κ1) is 16.4. The molecule has 1 aromatic rings. The molecular formula is C16H27N5O2. The smallest absolute Gasteiger partial charge is 0.240 e. The van der Waals surface area contributed by atoms with Crippen molar-refractivity contribution >= 4 is 5.91 Å². The maximum absolute atomic E-state index is 11.8. The maximum Gasteiger partial charge on any atom is 0.240 e. The first-order valence-corrected chi connectivity index (χ1v) is 8.78. The summed E-state index contributed by atoms with van der Waals surface area (Å²) in [6.45, 7) is 7.08. The van der Waals surface area contributed by atoms with E-state index in [4.69, 9.17) is 4.52 Å². The van der Waals surface area contributed by atoms with Crippen LogP contribution >= 0.6 is 0 Å². The number of nitrogens with zero attached hydrogens (tertiary/aromatic N) is 4. The number of hydrogen-bond donors (Lipinski definition) is 1. The molecule has 0 atom stereocenters. The van der Waals surface area contributed by atoms with Crippen molar-refractivity contribution in [2.75, 3.05) is 32.7 Å². The van der Waals surface area contributed by atoms with Gasteiger partial charge in [0.15, 0.2) is 5.82 Å². The Kier molecular flexibility index (Phi) is 5.61. The fourth-order valence-corrected chi connectivity index (χ4v) is 2.79. The van der Waals surface area contributed by atoms with E-state index >= 15 is 0 Å². The van der Waals surface area contributed by atoms with Crippen LogP contribution in [0.15, 0.2) is 4.52 Å². The Morgan fingerprint density at radius 1 is 1.26 bits per heavy atom. The van der Waals surface area contributed by atoms with E-state index in [1.165, 1.54) is 0 Å². The van der Waals surface area contributed by atoms with E-state index in [9.17, 15) is 4.79 Å². The number of unbranched alkanes of at least 4 members (excludes halogenated alkanes) is 1. The Morgan fingerprint density at radius 2 is 2.00 bits per heavy atom. The molecule has 0 spiro atoms. The lowest BCUT2D eigenvalue weighted by atomic mass is 10.2. The molecule has 7 nitrogen and oxygen atoms in total. The van der Waals surface area contributed by atoms with Gasteiger partial charge in [-0.15, -0.1) is 0 Å². The van der Waals surface area contributed by atoms with E-state index in [-0.39, 0.29) is 5.91 Å². The standard InChI is InChI=1S/C16H27N5O2/c1-2-3-4-14-18-16(23-19-14)12-21-9-7-20(8-10-21)11-15(22)17-13-5-6-13/h13H,2-12H2,1H3,(H,17,22). The van der Waals surface area contributed by atoms with Crippen molar-refractivity contribution in [2.45, 2.75) is 51.6 Å². The maximum atomic E-state index is 11.8. The zero-order chi connectivity index (χ0) is 16.1. The summed E-state index contributed by atoms with van der Waals surface area (Å²) in [7, 11) is 0. The van der Waals surface area contributed by atoms with Gasteiger partial charge in [-0.2, -0.15) is 4.98 Å². The van der Waals surface area contributed by atoms with Crippen molar-refractivity contribution in [2.24, 2.45) is 0 Å². The third-order valence-electron chi connectivity index (χ3n) is 4.40. The van der Waals surface area contributed by atoms with Crippen molar-refractivity contribution in [3.8, 4) is 0 Å². The zero-order valence-corrected chi connectivity index (χ0v) is 14.0. The van der Waals surface area contributed by atoms with Crippen LogP contribution in [0.5, 0.6) is 0 Å². The van der Waals surface area contributed by atoms with Crippen molar-refractivity contribution in [3.05, 3.63) is 11.7 Å². The molecule has 0 bridgehead atoms. The summed E-state index contributed by atoms with van der Waals surface area (Å²) in [6, 6.07) is 0.447. The Bertz CT molecular complexity index is 506. The predicted molar refractivity (Wildman–Crippen MR) is 85.8 cm³/mol. The molecule has 7 heteroatoms. The Hall–Kier alpha value is -1.47. The number of amides is 1. The molecule has 0 radical (unpaired) electrons. The molecule has 0 aromatic carbocycles. The molecule has 1 aromatic heterocycles. The summed E-state index contributed by atoms with van der Waals surface area (Å²) >= 11 is 0. The number of nitrogens with one attached hydrogen (secondary N) is 1. The van der Waals surface area contributed by atoms with Gasteiger partial charge in [0.05, 0.1) is 13.1 Å². The van der Waals surface area contributed by atoms with E-state index < -0.39 is 0 Å². The highest BCUT2D eigenvalue weighted by atomic mass is 16.5. The van der Waals surface area contributed by atoms with Crippen molar-refractivity contribution < 1.29 is 9.32 Å². The van der Waals surface area contributed by atoms with E-state index in [2.05, 4.69) is 32.2 Å². The summed E-state index contributed by atoms with van der Waals surface area (Å²) in [5.74, 6) is 1.69. The molecule has 3 rings (SSSR count). The number of aromatic nitrogens is 2. The van der Waals surface area contributed by atoms with Crippen LogP contribution in [0.3, 0.4) is 0 Å². The average Bonchev–Trinajstić information content (AvgIpc) is 3.24. The highest BCUT2D eigenvalue weighted by Crippen LogP contribution is 2.18. The van der Waals surface area contributed by atoms with Crippen molar-refractivity contribution in [3.63, 3.8) is 0 Å². The SMILES string of the molecule is CCCCc1noc(CN2CCN(CC(=O)NC3CC3)CC2)n1. The number of hydrogen-bond acceptors (Lipinski definition) is 6. The number of rotatable bonds is 8. The molecule has 23 heavy (non-hydrogen) atoms. The predicted octanol–water partition coefficient (Wildman–Crippen LogP) is 0.808. The van der Waals surface area contributed by atoms with Gasteiger partial charge >= 0.3 is 0 Å². The molecule has 128 valence electrons. The Labute approximate surface area is 137 Å². The Balaban J connectivity index is 1.36. The Morgan fingerprint density at radius 3 is 2.70 bits per heavy atom. The lowest BCUT2D eigenvalue weighted by molar-refractivity contribution is -0.122. The number of carbonyl (C=O) groups excluding carboxylic acids is 1. The largest absolute Gasteiger partial charge is 0.352 e. The molecule has 2 heterocycles. The highest BCUT2D eigenvalue weighted by Gasteiger charge is 2.25. The lowest BCUT2D eigenvalue weighted by Crippen LogP contribution is -2.49. The monoisotopic (exact) mass is 321 g/mol. The normalized spacial score (nSPS) is 19.9. The molecule has 2 fully saturated rings. The van der Waals surface area contributed by atoms with E-state index in [1.54, 1.807) is 0 Å². The summed E-state index contributed by atoms with van der Waals surface area (Å²) in [6.07, 6.45) is 5.42. The second kappa shape index (κ2) is 7.88. The molecule has 1 N–H and O–H groups in total. The van der Waals surface area contributed by atoms with E-state index in [0.29, 0.717) is 25.0 Å². The summed E-state index contributed by atoms with van der Waals surface area (Å²) in [5.41, 5.74) is 0. The van der Waals surface area contributed by atoms with E-state index in [1.807, 2.05) is 0 Å². The van der Waals surface area contributed by atoms with Gasteiger partial charge in [-0.3, -0.25) is 14.6 Å². The van der Waals surface area contributed by atoms with Crippen molar-refractivity contribution in [1.29, 1.82) is 0 Å². The minimum atomic E-state index is 0.165. The van der Waals surface area contributed by atoms with Gasteiger partial charge in [0.2, 0.25) is 11.8 Å². The summed E-state index contributed by atoms with van der Waals surface area (Å²) in [4.78, 5) is 20.8. The van der Waals surface area contributed by atoms with Gasteiger partial charge in [0, 0.05) is 38.6 Å². The molecule has 1 amide bonds. The lowest BCUT2D eigenvalue weighted by Gasteiger charge is -2.33. The third-order valence-corrected chi connectivity index (χ3v) is 4.40. The highest BCUT2D eigenvalue weighted by molar-refractivity contribution is 5.78. The summed E-state index contributed by atoms with van der Waals surface area (Å²) in [5, 5.41) is 7.08. The van der Waals surface area contributed by atoms with Gasteiger partial charge < -0.3 is 9.84 Å². The van der Waals surface area contributed by atoms with Crippen LogP contribution < -0.4 is 5.32 Å². The van der Waals surface area contributed by atoms with Crippen LogP contribution in [0.1, 0.15) is 44.3 Å². The second-order valence-electron chi connectivity index (χ2n) is 6.60. The number of aryl methyl sites for hydroxylation is 1. The molecule has 1 aliphatic heterocycles.